The first-order valence-electron chi connectivity index (χ1n) is 8.85. The van der Waals surface area contributed by atoms with E-state index in [1.807, 2.05) is 37.3 Å². The topological polar surface area (TPSA) is 55.0 Å². The van der Waals surface area contributed by atoms with Crippen molar-refractivity contribution in [1.29, 1.82) is 0 Å². The van der Waals surface area contributed by atoms with Crippen molar-refractivity contribution in [2.75, 3.05) is 7.11 Å². The highest BCUT2D eigenvalue weighted by atomic mass is 16.5. The van der Waals surface area contributed by atoms with Crippen LogP contribution in [-0.2, 0) is 4.74 Å². The van der Waals surface area contributed by atoms with E-state index in [9.17, 15) is 4.79 Å². The van der Waals surface area contributed by atoms with E-state index in [4.69, 9.17) is 9.72 Å². The summed E-state index contributed by atoms with van der Waals surface area (Å²) in [6.45, 7) is 2.01. The number of carbonyl (C=O) groups excluding carboxylic acids is 1. The van der Waals surface area contributed by atoms with Crippen molar-refractivity contribution in [2.45, 2.75) is 38.5 Å². The molecule has 4 heteroatoms. The van der Waals surface area contributed by atoms with Gasteiger partial charge in [-0.1, -0.05) is 25.0 Å². The fourth-order valence-electron chi connectivity index (χ4n) is 3.99. The zero-order valence-corrected chi connectivity index (χ0v) is 14.6. The second kappa shape index (κ2) is 6.36. The average Bonchev–Trinajstić information content (AvgIpc) is 3.27. The smallest absolute Gasteiger partial charge is 0.337 e. The number of hydrogen-bond acceptors (Lipinski definition) is 3. The summed E-state index contributed by atoms with van der Waals surface area (Å²) in [6, 6.07) is 11.9. The molecule has 1 aromatic carbocycles. The number of carbonyl (C=O) groups is 1. The highest BCUT2D eigenvalue weighted by Gasteiger charge is 2.25. The maximum atomic E-state index is 11.9. The molecule has 1 saturated carbocycles. The number of esters is 1. The molecule has 0 bridgehead atoms. The minimum atomic E-state index is -0.311. The molecular weight excluding hydrogens is 312 g/mol. The van der Waals surface area contributed by atoms with Crippen LogP contribution in [0.3, 0.4) is 0 Å². The predicted molar refractivity (Wildman–Crippen MR) is 98.8 cm³/mol. The van der Waals surface area contributed by atoms with Gasteiger partial charge in [0.15, 0.2) is 0 Å². The lowest BCUT2D eigenvalue weighted by Crippen LogP contribution is -2.00. The Hall–Kier alpha value is -2.62. The lowest BCUT2D eigenvalue weighted by atomic mass is 9.93. The molecule has 2 heterocycles. The van der Waals surface area contributed by atoms with Crippen LogP contribution in [0.25, 0.3) is 22.3 Å². The van der Waals surface area contributed by atoms with Crippen molar-refractivity contribution in [3.8, 4) is 11.4 Å². The number of rotatable bonds is 3. The summed E-state index contributed by atoms with van der Waals surface area (Å²) >= 11 is 0. The van der Waals surface area contributed by atoms with Gasteiger partial charge in [-0.3, -0.25) is 4.98 Å². The third kappa shape index (κ3) is 2.82. The van der Waals surface area contributed by atoms with Crippen molar-refractivity contribution < 1.29 is 9.53 Å². The zero-order chi connectivity index (χ0) is 17.4. The van der Waals surface area contributed by atoms with Gasteiger partial charge in [0, 0.05) is 16.6 Å². The summed E-state index contributed by atoms with van der Waals surface area (Å²) in [6.07, 6.45) is 4.98. The van der Waals surface area contributed by atoms with Crippen molar-refractivity contribution in [3.05, 3.63) is 53.2 Å². The molecule has 1 fully saturated rings. The van der Waals surface area contributed by atoms with Crippen LogP contribution in [0.5, 0.6) is 0 Å². The molecule has 1 aliphatic carbocycles. The number of pyridine rings is 1. The summed E-state index contributed by atoms with van der Waals surface area (Å²) in [4.78, 5) is 20.1. The molecular formula is C21H22N2O2. The average molecular weight is 334 g/mol. The largest absolute Gasteiger partial charge is 0.465 e. The number of aromatic amines is 1. The molecule has 1 N–H and O–H groups in total. The number of H-pyrrole nitrogens is 1. The van der Waals surface area contributed by atoms with Crippen LogP contribution in [0.4, 0.5) is 0 Å². The van der Waals surface area contributed by atoms with Gasteiger partial charge in [-0.25, -0.2) is 4.79 Å². The highest BCUT2D eigenvalue weighted by Crippen LogP contribution is 2.43. The molecule has 0 atom stereocenters. The Labute approximate surface area is 147 Å². The van der Waals surface area contributed by atoms with Crippen molar-refractivity contribution in [1.82, 2.24) is 9.97 Å². The van der Waals surface area contributed by atoms with Gasteiger partial charge in [0.05, 0.1) is 24.1 Å². The Morgan fingerprint density at radius 3 is 2.72 bits per heavy atom. The number of methoxy groups -OCH3 is 1. The summed E-state index contributed by atoms with van der Waals surface area (Å²) in [5.41, 5.74) is 5.96. The van der Waals surface area contributed by atoms with Crippen LogP contribution in [0.15, 0.2) is 36.4 Å². The van der Waals surface area contributed by atoms with Crippen LogP contribution >= 0.6 is 0 Å². The minimum Gasteiger partial charge on any atom is -0.465 e. The Morgan fingerprint density at radius 1 is 1.20 bits per heavy atom. The number of nitrogens with one attached hydrogen (secondary N) is 1. The Kier molecular flexibility index (Phi) is 4.04. The van der Waals surface area contributed by atoms with E-state index < -0.39 is 0 Å². The number of benzene rings is 1. The molecule has 1 aliphatic rings. The van der Waals surface area contributed by atoms with Gasteiger partial charge in [0.2, 0.25) is 0 Å². The number of ether oxygens (including phenoxy) is 1. The molecule has 4 nitrogen and oxygen atoms in total. The first-order chi connectivity index (χ1) is 12.2. The van der Waals surface area contributed by atoms with Crippen LogP contribution in [0.1, 0.15) is 53.2 Å². The minimum absolute atomic E-state index is 0.311. The van der Waals surface area contributed by atoms with E-state index in [1.54, 1.807) is 0 Å². The maximum absolute atomic E-state index is 11.9. The second-order valence-corrected chi connectivity index (χ2v) is 6.81. The summed E-state index contributed by atoms with van der Waals surface area (Å²) in [7, 11) is 1.41. The van der Waals surface area contributed by atoms with Gasteiger partial charge in [0.25, 0.3) is 0 Å². The molecule has 25 heavy (non-hydrogen) atoms. The van der Waals surface area contributed by atoms with Crippen molar-refractivity contribution >= 4 is 16.9 Å². The van der Waals surface area contributed by atoms with Crippen molar-refractivity contribution in [2.24, 2.45) is 0 Å². The second-order valence-electron chi connectivity index (χ2n) is 6.81. The molecule has 4 rings (SSSR count). The summed E-state index contributed by atoms with van der Waals surface area (Å²) in [5, 5.41) is 1.19. The molecule has 0 radical (unpaired) electrons. The fourth-order valence-corrected chi connectivity index (χ4v) is 3.99. The van der Waals surface area contributed by atoms with Gasteiger partial charge in [-0.2, -0.15) is 0 Å². The normalized spacial score (nSPS) is 15.0. The van der Waals surface area contributed by atoms with E-state index in [-0.39, 0.29) is 5.97 Å². The lowest BCUT2D eigenvalue weighted by Gasteiger charge is -2.12. The van der Waals surface area contributed by atoms with Gasteiger partial charge in [-0.15, -0.1) is 0 Å². The van der Waals surface area contributed by atoms with Crippen LogP contribution in [-0.4, -0.2) is 23.0 Å². The number of hydrogen-bond donors (Lipinski definition) is 1. The van der Waals surface area contributed by atoms with E-state index >= 15 is 0 Å². The fraction of sp³-hybridized carbons (Fsp3) is 0.333. The van der Waals surface area contributed by atoms with Crippen LogP contribution in [0.2, 0.25) is 0 Å². The third-order valence-electron chi connectivity index (χ3n) is 5.17. The molecule has 0 aliphatic heterocycles. The molecule has 0 unspecified atom stereocenters. The van der Waals surface area contributed by atoms with Gasteiger partial charge < -0.3 is 9.72 Å². The van der Waals surface area contributed by atoms with Gasteiger partial charge in [0.1, 0.15) is 0 Å². The lowest BCUT2D eigenvalue weighted by molar-refractivity contribution is 0.0601. The monoisotopic (exact) mass is 334 g/mol. The first kappa shape index (κ1) is 15.9. The number of aryl methyl sites for hydroxylation is 1. The molecule has 3 aromatic rings. The SMILES string of the molecule is COC(=O)c1ccc2c(C3CCCC3)c(-c3cccc(C)n3)[nH]c2c1. The molecule has 128 valence electrons. The number of fused-ring (bicyclic) bond motifs is 1. The van der Waals surface area contributed by atoms with Crippen LogP contribution in [0, 0.1) is 6.92 Å². The van der Waals surface area contributed by atoms with Crippen molar-refractivity contribution in [3.63, 3.8) is 0 Å². The van der Waals surface area contributed by atoms with Gasteiger partial charge in [-0.05, 0) is 55.5 Å². The highest BCUT2D eigenvalue weighted by molar-refractivity contribution is 5.97. The Balaban J connectivity index is 1.93. The maximum Gasteiger partial charge on any atom is 0.337 e. The van der Waals surface area contributed by atoms with E-state index in [0.29, 0.717) is 11.5 Å². The van der Waals surface area contributed by atoms with E-state index in [1.165, 1.54) is 43.7 Å². The van der Waals surface area contributed by atoms with Crippen LogP contribution < -0.4 is 0 Å². The Bertz CT molecular complexity index is 936. The standard InChI is InChI=1S/C21H22N2O2/c1-13-6-5-9-17(22-13)20-19(14-7-3-4-8-14)16-11-10-15(21(24)25-2)12-18(16)23-20/h5-6,9-12,14,23H,3-4,7-8H2,1-2H3. The van der Waals surface area contributed by atoms with E-state index in [2.05, 4.69) is 11.1 Å². The number of nitrogens with zero attached hydrogens (tertiary/aromatic N) is 1. The molecule has 2 aromatic heterocycles. The quantitative estimate of drug-likeness (QED) is 0.687. The Morgan fingerprint density at radius 2 is 2.00 bits per heavy atom. The zero-order valence-electron chi connectivity index (χ0n) is 14.6. The third-order valence-corrected chi connectivity index (χ3v) is 5.17. The molecule has 0 spiro atoms. The molecule has 0 amide bonds. The first-order valence-corrected chi connectivity index (χ1v) is 8.85. The summed E-state index contributed by atoms with van der Waals surface area (Å²) in [5.74, 6) is 0.240. The van der Waals surface area contributed by atoms with E-state index in [0.717, 1.165) is 22.6 Å². The summed E-state index contributed by atoms with van der Waals surface area (Å²) < 4.78 is 4.86. The van der Waals surface area contributed by atoms with Gasteiger partial charge >= 0.3 is 5.97 Å². The predicted octanol–water partition coefficient (Wildman–Crippen LogP) is 4.98. The molecule has 0 saturated heterocycles. The number of aromatic nitrogens is 2.